The van der Waals surface area contributed by atoms with E-state index in [2.05, 4.69) is 15.0 Å². The highest BCUT2D eigenvalue weighted by Gasteiger charge is 2.05. The Morgan fingerprint density at radius 3 is 2.91 bits per heavy atom. The number of aromatic carboxylic acids is 1. The van der Waals surface area contributed by atoms with E-state index in [-0.39, 0.29) is 5.82 Å². The van der Waals surface area contributed by atoms with E-state index in [1.54, 1.807) is 0 Å². The zero-order valence-electron chi connectivity index (χ0n) is 5.98. The lowest BCUT2D eigenvalue weighted by Gasteiger charge is -1.94. The molecule has 0 fully saturated rings. The van der Waals surface area contributed by atoms with Crippen LogP contribution in [0.4, 0.5) is 0 Å². The molecule has 1 N–H and O–H groups in total. The van der Waals surface area contributed by atoms with E-state index in [0.29, 0.717) is 12.2 Å². The number of aromatic nitrogens is 3. The molecule has 0 aromatic carbocycles. The van der Waals surface area contributed by atoms with Crippen LogP contribution in [-0.4, -0.2) is 26.0 Å². The van der Waals surface area contributed by atoms with Gasteiger partial charge in [0.15, 0.2) is 0 Å². The Kier molecular flexibility index (Phi) is 2.10. The number of carboxylic acids is 1. The molecule has 1 heterocycles. The molecular formula is C6H7N3O2. The van der Waals surface area contributed by atoms with Gasteiger partial charge < -0.3 is 5.11 Å². The van der Waals surface area contributed by atoms with Crippen molar-refractivity contribution in [3.05, 3.63) is 18.0 Å². The van der Waals surface area contributed by atoms with Gasteiger partial charge in [-0.05, 0) is 0 Å². The Labute approximate surface area is 63.1 Å². The van der Waals surface area contributed by atoms with E-state index in [9.17, 15) is 4.79 Å². The minimum absolute atomic E-state index is 0.197. The molecule has 0 aliphatic heterocycles. The smallest absolute Gasteiger partial charge is 0.374 e. The fourth-order valence-corrected chi connectivity index (χ4v) is 0.604. The Morgan fingerprint density at radius 2 is 2.36 bits per heavy atom. The molecule has 0 aliphatic carbocycles. The molecule has 11 heavy (non-hydrogen) atoms. The fraction of sp³-hybridized carbons (Fsp3) is 0.333. The zero-order chi connectivity index (χ0) is 8.27. The lowest BCUT2D eigenvalue weighted by molar-refractivity contribution is 0.0682. The molecule has 0 amide bonds. The van der Waals surface area contributed by atoms with E-state index in [4.69, 9.17) is 5.11 Å². The van der Waals surface area contributed by atoms with Crippen LogP contribution in [0.5, 0.6) is 0 Å². The van der Waals surface area contributed by atoms with Gasteiger partial charge in [0.1, 0.15) is 12.2 Å². The highest BCUT2D eigenvalue weighted by Crippen LogP contribution is 1.91. The van der Waals surface area contributed by atoms with Gasteiger partial charge in [-0.1, -0.05) is 6.92 Å². The number of nitrogens with zero attached hydrogens (tertiary/aromatic N) is 3. The summed E-state index contributed by atoms with van der Waals surface area (Å²) < 4.78 is 0. The third-order valence-corrected chi connectivity index (χ3v) is 1.13. The van der Waals surface area contributed by atoms with E-state index < -0.39 is 5.97 Å². The first-order chi connectivity index (χ1) is 5.24. The molecular weight excluding hydrogens is 146 g/mol. The Bertz CT molecular complexity index is 274. The normalized spacial score (nSPS) is 9.55. The number of aryl methyl sites for hydroxylation is 1. The number of carbonyl (C=O) groups is 1. The van der Waals surface area contributed by atoms with Crippen molar-refractivity contribution in [1.82, 2.24) is 15.0 Å². The minimum atomic E-state index is -1.12. The standard InChI is InChI=1S/C6H7N3O2/c1-2-4-7-3-8-5(9-4)6(10)11/h3H,2H2,1H3,(H,10,11). The summed E-state index contributed by atoms with van der Waals surface area (Å²) in [5.41, 5.74) is 0. The van der Waals surface area contributed by atoms with Crippen LogP contribution in [0.1, 0.15) is 23.4 Å². The van der Waals surface area contributed by atoms with Crippen molar-refractivity contribution < 1.29 is 9.90 Å². The van der Waals surface area contributed by atoms with Crippen molar-refractivity contribution in [3.63, 3.8) is 0 Å². The maximum absolute atomic E-state index is 10.3. The summed E-state index contributed by atoms with van der Waals surface area (Å²) >= 11 is 0. The van der Waals surface area contributed by atoms with Gasteiger partial charge in [0.25, 0.3) is 0 Å². The van der Waals surface area contributed by atoms with Gasteiger partial charge in [-0.15, -0.1) is 0 Å². The predicted octanol–water partition coefficient (Wildman–Crippen LogP) is 0.132. The molecule has 0 unspecified atom stereocenters. The Morgan fingerprint density at radius 1 is 1.64 bits per heavy atom. The molecule has 1 rings (SSSR count). The van der Waals surface area contributed by atoms with Crippen molar-refractivity contribution >= 4 is 5.97 Å². The van der Waals surface area contributed by atoms with Crippen molar-refractivity contribution in [3.8, 4) is 0 Å². The van der Waals surface area contributed by atoms with Crippen LogP contribution in [0.3, 0.4) is 0 Å². The van der Waals surface area contributed by atoms with E-state index in [1.807, 2.05) is 6.92 Å². The van der Waals surface area contributed by atoms with Gasteiger partial charge in [-0.3, -0.25) is 0 Å². The van der Waals surface area contributed by atoms with E-state index >= 15 is 0 Å². The van der Waals surface area contributed by atoms with Gasteiger partial charge in [0.05, 0.1) is 0 Å². The number of rotatable bonds is 2. The predicted molar refractivity (Wildman–Crippen MR) is 36.2 cm³/mol. The average molecular weight is 153 g/mol. The van der Waals surface area contributed by atoms with Crippen molar-refractivity contribution in [2.75, 3.05) is 0 Å². The lowest BCUT2D eigenvalue weighted by atomic mass is 10.4. The summed E-state index contributed by atoms with van der Waals surface area (Å²) in [6, 6.07) is 0. The quantitative estimate of drug-likeness (QED) is 0.653. The first-order valence-electron chi connectivity index (χ1n) is 3.15. The molecule has 0 atom stereocenters. The van der Waals surface area contributed by atoms with Crippen LogP contribution in [0.15, 0.2) is 6.33 Å². The molecule has 0 radical (unpaired) electrons. The van der Waals surface area contributed by atoms with Crippen LogP contribution >= 0.6 is 0 Å². The van der Waals surface area contributed by atoms with E-state index in [1.165, 1.54) is 6.33 Å². The van der Waals surface area contributed by atoms with E-state index in [0.717, 1.165) is 0 Å². The largest absolute Gasteiger partial charge is 0.475 e. The molecule has 0 saturated carbocycles. The van der Waals surface area contributed by atoms with Crippen molar-refractivity contribution in [1.29, 1.82) is 0 Å². The van der Waals surface area contributed by atoms with Crippen molar-refractivity contribution in [2.24, 2.45) is 0 Å². The summed E-state index contributed by atoms with van der Waals surface area (Å²) in [6.07, 6.45) is 1.82. The highest BCUT2D eigenvalue weighted by molar-refractivity contribution is 5.82. The maximum atomic E-state index is 10.3. The van der Waals surface area contributed by atoms with Crippen LogP contribution in [0, 0.1) is 0 Å². The second-order valence-corrected chi connectivity index (χ2v) is 1.88. The first-order valence-corrected chi connectivity index (χ1v) is 3.15. The van der Waals surface area contributed by atoms with Crippen LogP contribution < -0.4 is 0 Å². The SMILES string of the molecule is CCc1ncnc(C(=O)O)n1. The van der Waals surface area contributed by atoms with Crippen molar-refractivity contribution in [2.45, 2.75) is 13.3 Å². The molecule has 0 saturated heterocycles. The second kappa shape index (κ2) is 3.05. The third-order valence-electron chi connectivity index (χ3n) is 1.13. The Hall–Kier alpha value is -1.52. The summed E-state index contributed by atoms with van der Waals surface area (Å²) in [6.45, 7) is 1.85. The molecule has 0 bridgehead atoms. The van der Waals surface area contributed by atoms with Gasteiger partial charge in [0, 0.05) is 6.42 Å². The monoisotopic (exact) mass is 153 g/mol. The molecule has 0 spiro atoms. The lowest BCUT2D eigenvalue weighted by Crippen LogP contribution is -2.07. The summed E-state index contributed by atoms with van der Waals surface area (Å²) in [7, 11) is 0. The van der Waals surface area contributed by atoms with Gasteiger partial charge in [0.2, 0.25) is 5.82 Å². The zero-order valence-corrected chi connectivity index (χ0v) is 5.98. The minimum Gasteiger partial charge on any atom is -0.475 e. The molecule has 1 aromatic heterocycles. The van der Waals surface area contributed by atoms with Gasteiger partial charge in [-0.2, -0.15) is 0 Å². The molecule has 1 aromatic rings. The maximum Gasteiger partial charge on any atom is 0.374 e. The topological polar surface area (TPSA) is 76.0 Å². The Balaban J connectivity index is 3.01. The fourth-order valence-electron chi connectivity index (χ4n) is 0.604. The summed E-state index contributed by atoms with van der Waals surface area (Å²) in [5.74, 6) is -0.823. The molecule has 5 heteroatoms. The van der Waals surface area contributed by atoms with Crippen LogP contribution in [0.25, 0.3) is 0 Å². The number of hydrogen-bond acceptors (Lipinski definition) is 4. The average Bonchev–Trinajstić information content (AvgIpc) is 2.05. The van der Waals surface area contributed by atoms with Crippen LogP contribution in [0.2, 0.25) is 0 Å². The highest BCUT2D eigenvalue weighted by atomic mass is 16.4. The molecule has 58 valence electrons. The summed E-state index contributed by atoms with van der Waals surface area (Å²) in [5, 5.41) is 8.45. The third kappa shape index (κ3) is 1.70. The molecule has 0 aliphatic rings. The first kappa shape index (κ1) is 7.59. The second-order valence-electron chi connectivity index (χ2n) is 1.88. The van der Waals surface area contributed by atoms with Gasteiger partial charge >= 0.3 is 5.97 Å². The van der Waals surface area contributed by atoms with Gasteiger partial charge in [-0.25, -0.2) is 19.7 Å². The number of carboxylic acid groups (broad SMARTS) is 1. The van der Waals surface area contributed by atoms with Crippen LogP contribution in [-0.2, 0) is 6.42 Å². The summed E-state index contributed by atoms with van der Waals surface area (Å²) in [4.78, 5) is 21.2. The number of hydrogen-bond donors (Lipinski definition) is 1. The molecule has 5 nitrogen and oxygen atoms in total.